The molecule has 1 N–H and O–H groups in total. The summed E-state index contributed by atoms with van der Waals surface area (Å²) in [6, 6.07) is 15.9. The number of aryl methyl sites for hydroxylation is 1. The molecule has 1 aliphatic rings. The van der Waals surface area contributed by atoms with Crippen molar-refractivity contribution in [2.75, 3.05) is 11.9 Å². The largest absolute Gasteiger partial charge is 0.492 e. The first-order chi connectivity index (χ1) is 10.3. The van der Waals surface area contributed by atoms with Crippen molar-refractivity contribution in [1.82, 2.24) is 0 Å². The van der Waals surface area contributed by atoms with E-state index in [1.165, 1.54) is 5.56 Å². The molecule has 0 aliphatic carbocycles. The summed E-state index contributed by atoms with van der Waals surface area (Å²) in [4.78, 5) is 12.4. The van der Waals surface area contributed by atoms with Crippen LogP contribution in [0.25, 0.3) is 0 Å². The molecular formula is C18H19NO2. The van der Waals surface area contributed by atoms with Gasteiger partial charge in [-0.05, 0) is 42.2 Å². The molecule has 21 heavy (non-hydrogen) atoms. The van der Waals surface area contributed by atoms with E-state index in [0.717, 1.165) is 29.8 Å². The number of ether oxygens (including phenoxy) is 1. The minimum atomic E-state index is -0.134. The lowest BCUT2D eigenvalue weighted by Gasteiger charge is -2.24. The summed E-state index contributed by atoms with van der Waals surface area (Å²) in [5.74, 6) is 0.789. The van der Waals surface area contributed by atoms with E-state index in [1.54, 1.807) is 0 Å². The SMILES string of the molecule is CCc1cccc(NC(=O)[C@@H]2COc3ccccc3C2)c1. The van der Waals surface area contributed by atoms with Gasteiger partial charge in [0.15, 0.2) is 0 Å². The third-order valence-corrected chi connectivity index (χ3v) is 3.85. The summed E-state index contributed by atoms with van der Waals surface area (Å²) in [6.07, 6.45) is 1.69. The second-order valence-electron chi connectivity index (χ2n) is 5.36. The van der Waals surface area contributed by atoms with E-state index in [-0.39, 0.29) is 11.8 Å². The topological polar surface area (TPSA) is 38.3 Å². The van der Waals surface area contributed by atoms with Crippen molar-refractivity contribution in [2.24, 2.45) is 5.92 Å². The fourth-order valence-corrected chi connectivity index (χ4v) is 2.61. The Bertz CT molecular complexity index is 651. The molecule has 0 unspecified atom stereocenters. The molecule has 1 amide bonds. The number of hydrogen-bond acceptors (Lipinski definition) is 2. The van der Waals surface area contributed by atoms with E-state index in [9.17, 15) is 4.79 Å². The molecule has 0 spiro atoms. The van der Waals surface area contributed by atoms with E-state index in [1.807, 2.05) is 42.5 Å². The van der Waals surface area contributed by atoms with Gasteiger partial charge in [-0.1, -0.05) is 37.3 Å². The zero-order valence-corrected chi connectivity index (χ0v) is 12.1. The summed E-state index contributed by atoms with van der Waals surface area (Å²) >= 11 is 0. The van der Waals surface area contributed by atoms with Gasteiger partial charge in [0.1, 0.15) is 12.4 Å². The van der Waals surface area contributed by atoms with Gasteiger partial charge in [-0.25, -0.2) is 0 Å². The maximum absolute atomic E-state index is 12.4. The predicted molar refractivity (Wildman–Crippen MR) is 83.6 cm³/mol. The van der Waals surface area contributed by atoms with Crippen molar-refractivity contribution >= 4 is 11.6 Å². The second kappa shape index (κ2) is 6.00. The summed E-state index contributed by atoms with van der Waals surface area (Å²) in [7, 11) is 0. The fraction of sp³-hybridized carbons (Fsp3) is 0.278. The highest BCUT2D eigenvalue weighted by molar-refractivity contribution is 5.93. The van der Waals surface area contributed by atoms with Gasteiger partial charge < -0.3 is 10.1 Å². The minimum absolute atomic E-state index is 0.0257. The van der Waals surface area contributed by atoms with Gasteiger partial charge in [-0.3, -0.25) is 4.79 Å². The normalized spacial score (nSPS) is 16.7. The zero-order chi connectivity index (χ0) is 14.7. The summed E-state index contributed by atoms with van der Waals surface area (Å²) in [5.41, 5.74) is 3.18. The van der Waals surface area contributed by atoms with E-state index >= 15 is 0 Å². The average Bonchev–Trinajstić information content (AvgIpc) is 2.54. The molecule has 3 heteroatoms. The third-order valence-electron chi connectivity index (χ3n) is 3.85. The lowest BCUT2D eigenvalue weighted by molar-refractivity contribution is -0.121. The monoisotopic (exact) mass is 281 g/mol. The Hall–Kier alpha value is -2.29. The van der Waals surface area contributed by atoms with Gasteiger partial charge >= 0.3 is 0 Å². The van der Waals surface area contributed by atoms with E-state index in [0.29, 0.717) is 6.61 Å². The molecule has 3 rings (SSSR count). The Morgan fingerprint density at radius 1 is 1.24 bits per heavy atom. The molecular weight excluding hydrogens is 262 g/mol. The van der Waals surface area contributed by atoms with Crippen LogP contribution in [0.2, 0.25) is 0 Å². The Balaban J connectivity index is 1.69. The van der Waals surface area contributed by atoms with Crippen molar-refractivity contribution in [2.45, 2.75) is 19.8 Å². The minimum Gasteiger partial charge on any atom is -0.492 e. The molecule has 0 bridgehead atoms. The second-order valence-corrected chi connectivity index (χ2v) is 5.36. The smallest absolute Gasteiger partial charge is 0.231 e. The van der Waals surface area contributed by atoms with Gasteiger partial charge in [-0.2, -0.15) is 0 Å². The molecule has 2 aromatic carbocycles. The maximum atomic E-state index is 12.4. The molecule has 108 valence electrons. The van der Waals surface area contributed by atoms with Crippen molar-refractivity contribution in [1.29, 1.82) is 0 Å². The van der Waals surface area contributed by atoms with Gasteiger partial charge in [-0.15, -0.1) is 0 Å². The summed E-state index contributed by atoms with van der Waals surface area (Å²) < 4.78 is 5.68. The molecule has 0 saturated carbocycles. The quantitative estimate of drug-likeness (QED) is 0.936. The van der Waals surface area contributed by atoms with Crippen molar-refractivity contribution in [3.05, 3.63) is 59.7 Å². The van der Waals surface area contributed by atoms with Gasteiger partial charge in [0.05, 0.1) is 5.92 Å². The first kappa shape index (κ1) is 13.7. The number of carbonyl (C=O) groups excluding carboxylic acids is 1. The molecule has 3 nitrogen and oxygen atoms in total. The van der Waals surface area contributed by atoms with Crippen LogP contribution in [0, 0.1) is 5.92 Å². The standard InChI is InChI=1S/C18H19NO2/c1-2-13-6-5-8-16(10-13)19-18(20)15-11-14-7-3-4-9-17(14)21-12-15/h3-10,15H,2,11-12H2,1H3,(H,19,20)/t15-/m0/s1. The van der Waals surface area contributed by atoms with Crippen LogP contribution >= 0.6 is 0 Å². The van der Waals surface area contributed by atoms with Crippen molar-refractivity contribution < 1.29 is 9.53 Å². The number of carbonyl (C=O) groups is 1. The van der Waals surface area contributed by atoms with Crippen molar-refractivity contribution in [3.8, 4) is 5.75 Å². The Kier molecular flexibility index (Phi) is 3.91. The molecule has 1 atom stereocenters. The summed E-state index contributed by atoms with van der Waals surface area (Å²) in [6.45, 7) is 2.54. The summed E-state index contributed by atoms with van der Waals surface area (Å²) in [5, 5.41) is 3.00. The van der Waals surface area contributed by atoms with Crippen LogP contribution in [0.3, 0.4) is 0 Å². The predicted octanol–water partition coefficient (Wildman–Crippen LogP) is 3.44. The van der Waals surface area contributed by atoms with E-state index in [2.05, 4.69) is 18.3 Å². The number of hydrogen-bond donors (Lipinski definition) is 1. The van der Waals surface area contributed by atoms with E-state index in [4.69, 9.17) is 4.74 Å². The van der Waals surface area contributed by atoms with E-state index < -0.39 is 0 Å². The highest BCUT2D eigenvalue weighted by Crippen LogP contribution is 2.27. The Morgan fingerprint density at radius 2 is 2.10 bits per heavy atom. The van der Waals surface area contributed by atoms with Crippen LogP contribution in [0.5, 0.6) is 5.75 Å². The van der Waals surface area contributed by atoms with Crippen LogP contribution in [-0.4, -0.2) is 12.5 Å². The molecule has 0 saturated heterocycles. The fourth-order valence-electron chi connectivity index (χ4n) is 2.61. The highest BCUT2D eigenvalue weighted by atomic mass is 16.5. The van der Waals surface area contributed by atoms with Crippen LogP contribution in [0.1, 0.15) is 18.1 Å². The van der Waals surface area contributed by atoms with Crippen molar-refractivity contribution in [3.63, 3.8) is 0 Å². The van der Waals surface area contributed by atoms with Crippen LogP contribution in [-0.2, 0) is 17.6 Å². The number of para-hydroxylation sites is 1. The Labute approximate surface area is 124 Å². The average molecular weight is 281 g/mol. The van der Waals surface area contributed by atoms with Crippen LogP contribution in [0.15, 0.2) is 48.5 Å². The number of anilines is 1. The number of nitrogens with one attached hydrogen (secondary N) is 1. The molecule has 0 aromatic heterocycles. The molecule has 2 aromatic rings. The number of benzene rings is 2. The molecule has 0 radical (unpaired) electrons. The number of amides is 1. The lowest BCUT2D eigenvalue weighted by atomic mass is 9.96. The first-order valence-electron chi connectivity index (χ1n) is 7.37. The third kappa shape index (κ3) is 3.07. The molecule has 1 aliphatic heterocycles. The number of fused-ring (bicyclic) bond motifs is 1. The first-order valence-corrected chi connectivity index (χ1v) is 7.37. The maximum Gasteiger partial charge on any atom is 0.231 e. The lowest BCUT2D eigenvalue weighted by Crippen LogP contribution is -2.32. The van der Waals surface area contributed by atoms with Crippen LogP contribution < -0.4 is 10.1 Å². The molecule has 0 fully saturated rings. The molecule has 1 heterocycles. The Morgan fingerprint density at radius 3 is 2.95 bits per heavy atom. The van der Waals surface area contributed by atoms with Gasteiger partial charge in [0.25, 0.3) is 0 Å². The highest BCUT2D eigenvalue weighted by Gasteiger charge is 2.25. The zero-order valence-electron chi connectivity index (χ0n) is 12.1. The van der Waals surface area contributed by atoms with Gasteiger partial charge in [0, 0.05) is 5.69 Å². The number of rotatable bonds is 3. The van der Waals surface area contributed by atoms with Gasteiger partial charge in [0.2, 0.25) is 5.91 Å². The van der Waals surface area contributed by atoms with Crippen LogP contribution in [0.4, 0.5) is 5.69 Å².